The molecule has 0 saturated carbocycles. The average Bonchev–Trinajstić information content (AvgIpc) is 2.35. The molecule has 4 heteroatoms. The normalized spacial score (nSPS) is 10.2. The second-order valence-corrected chi connectivity index (χ2v) is 4.29. The zero-order valence-electron chi connectivity index (χ0n) is 11.2. The topological polar surface area (TPSA) is 64.3 Å². The van der Waals surface area contributed by atoms with Crippen molar-refractivity contribution in [3.8, 4) is 5.75 Å². The lowest BCUT2D eigenvalue weighted by Gasteiger charge is -2.10. The van der Waals surface area contributed by atoms with Crippen LogP contribution in [0.2, 0.25) is 0 Å². The molecule has 0 aliphatic carbocycles. The number of ether oxygens (including phenoxy) is 1. The summed E-state index contributed by atoms with van der Waals surface area (Å²) in [5.74, 6) is 0.860. The number of carbonyl (C=O) groups is 1. The maximum Gasteiger partial charge on any atom is 0.223 e. The van der Waals surface area contributed by atoms with Crippen molar-refractivity contribution in [2.45, 2.75) is 26.7 Å². The molecular weight excluding hydrogens is 228 g/mol. The van der Waals surface area contributed by atoms with Gasteiger partial charge < -0.3 is 15.8 Å². The van der Waals surface area contributed by atoms with Crippen LogP contribution in [0, 0.1) is 13.8 Å². The number of aryl methyl sites for hydroxylation is 1. The van der Waals surface area contributed by atoms with Gasteiger partial charge in [-0.25, -0.2) is 0 Å². The summed E-state index contributed by atoms with van der Waals surface area (Å²) in [4.78, 5) is 11.4. The van der Waals surface area contributed by atoms with Crippen molar-refractivity contribution in [3.05, 3.63) is 29.3 Å². The smallest absolute Gasteiger partial charge is 0.223 e. The molecule has 1 amide bonds. The Morgan fingerprint density at radius 2 is 2.17 bits per heavy atom. The SMILES string of the molecule is Cc1cccc(OCCC(=O)NCCCN)c1C. The first-order chi connectivity index (χ1) is 8.65. The number of nitrogens with one attached hydrogen (secondary N) is 1. The zero-order valence-corrected chi connectivity index (χ0v) is 11.2. The van der Waals surface area contributed by atoms with Crippen LogP contribution in [0.15, 0.2) is 18.2 Å². The Hall–Kier alpha value is -1.55. The van der Waals surface area contributed by atoms with Gasteiger partial charge in [-0.15, -0.1) is 0 Å². The van der Waals surface area contributed by atoms with Crippen LogP contribution in [0.25, 0.3) is 0 Å². The van der Waals surface area contributed by atoms with Crippen molar-refractivity contribution in [2.75, 3.05) is 19.7 Å². The quantitative estimate of drug-likeness (QED) is 0.721. The van der Waals surface area contributed by atoms with E-state index in [1.807, 2.05) is 32.0 Å². The van der Waals surface area contributed by atoms with Crippen molar-refractivity contribution in [1.82, 2.24) is 5.32 Å². The van der Waals surface area contributed by atoms with E-state index < -0.39 is 0 Å². The van der Waals surface area contributed by atoms with E-state index in [0.29, 0.717) is 26.1 Å². The second-order valence-electron chi connectivity index (χ2n) is 4.29. The lowest BCUT2D eigenvalue weighted by Crippen LogP contribution is -2.27. The largest absolute Gasteiger partial charge is 0.493 e. The standard InChI is InChI=1S/C14H22N2O2/c1-11-5-3-6-13(12(11)2)18-10-7-14(17)16-9-4-8-15/h3,5-6H,4,7-10,15H2,1-2H3,(H,16,17). The third-order valence-corrected chi connectivity index (χ3v) is 2.84. The van der Waals surface area contributed by atoms with E-state index in [0.717, 1.165) is 17.7 Å². The fourth-order valence-electron chi connectivity index (χ4n) is 1.55. The number of nitrogens with two attached hydrogens (primary N) is 1. The number of rotatable bonds is 7. The minimum Gasteiger partial charge on any atom is -0.493 e. The summed E-state index contributed by atoms with van der Waals surface area (Å²) in [6.07, 6.45) is 1.18. The van der Waals surface area contributed by atoms with E-state index in [1.165, 1.54) is 5.56 Å². The maximum absolute atomic E-state index is 11.4. The molecule has 0 heterocycles. The summed E-state index contributed by atoms with van der Waals surface area (Å²) in [6, 6.07) is 5.93. The molecule has 1 aromatic rings. The highest BCUT2D eigenvalue weighted by atomic mass is 16.5. The summed E-state index contributed by atoms with van der Waals surface area (Å²) in [5.41, 5.74) is 7.67. The van der Waals surface area contributed by atoms with Crippen molar-refractivity contribution in [1.29, 1.82) is 0 Å². The number of benzene rings is 1. The first-order valence-electron chi connectivity index (χ1n) is 6.31. The van der Waals surface area contributed by atoms with Gasteiger partial charge in [-0.1, -0.05) is 12.1 Å². The van der Waals surface area contributed by atoms with Gasteiger partial charge in [0.2, 0.25) is 5.91 Å². The number of amides is 1. The fraction of sp³-hybridized carbons (Fsp3) is 0.500. The molecule has 100 valence electrons. The van der Waals surface area contributed by atoms with Crippen molar-refractivity contribution < 1.29 is 9.53 Å². The first kappa shape index (κ1) is 14.5. The molecule has 0 aliphatic heterocycles. The van der Waals surface area contributed by atoms with E-state index in [4.69, 9.17) is 10.5 Å². The third kappa shape index (κ3) is 4.75. The molecule has 0 aliphatic rings. The molecule has 3 N–H and O–H groups in total. The highest BCUT2D eigenvalue weighted by Gasteiger charge is 2.04. The van der Waals surface area contributed by atoms with E-state index in [9.17, 15) is 4.79 Å². The molecule has 0 radical (unpaired) electrons. The zero-order chi connectivity index (χ0) is 13.4. The lowest BCUT2D eigenvalue weighted by atomic mass is 10.1. The highest BCUT2D eigenvalue weighted by molar-refractivity contribution is 5.75. The van der Waals surface area contributed by atoms with Gasteiger partial charge in [0, 0.05) is 6.54 Å². The second kappa shape index (κ2) is 7.71. The van der Waals surface area contributed by atoms with Crippen LogP contribution in [0.4, 0.5) is 0 Å². The van der Waals surface area contributed by atoms with E-state index >= 15 is 0 Å². The van der Waals surface area contributed by atoms with Crippen LogP contribution in [-0.4, -0.2) is 25.6 Å². The van der Waals surface area contributed by atoms with Gasteiger partial charge in [-0.2, -0.15) is 0 Å². The third-order valence-electron chi connectivity index (χ3n) is 2.84. The molecule has 1 rings (SSSR count). The molecule has 18 heavy (non-hydrogen) atoms. The van der Waals surface area contributed by atoms with Crippen molar-refractivity contribution in [2.24, 2.45) is 5.73 Å². The molecule has 0 saturated heterocycles. The van der Waals surface area contributed by atoms with Gasteiger partial charge >= 0.3 is 0 Å². The Kier molecular flexibility index (Phi) is 6.22. The lowest BCUT2D eigenvalue weighted by molar-refractivity contribution is -0.121. The van der Waals surface area contributed by atoms with Crippen LogP contribution in [-0.2, 0) is 4.79 Å². The average molecular weight is 250 g/mol. The summed E-state index contributed by atoms with van der Waals surface area (Å²) in [5, 5.41) is 2.80. The van der Waals surface area contributed by atoms with E-state index in [2.05, 4.69) is 5.32 Å². The van der Waals surface area contributed by atoms with E-state index in [-0.39, 0.29) is 5.91 Å². The maximum atomic E-state index is 11.4. The Morgan fingerprint density at radius 3 is 2.89 bits per heavy atom. The summed E-state index contributed by atoms with van der Waals surface area (Å²) in [6.45, 7) is 5.70. The predicted molar refractivity (Wildman–Crippen MR) is 72.7 cm³/mol. The Morgan fingerprint density at radius 1 is 1.39 bits per heavy atom. The van der Waals surface area contributed by atoms with Gasteiger partial charge in [0.25, 0.3) is 0 Å². The Bertz CT molecular complexity index is 391. The van der Waals surface area contributed by atoms with Gasteiger partial charge in [0.05, 0.1) is 13.0 Å². The van der Waals surface area contributed by atoms with Gasteiger partial charge in [0.1, 0.15) is 5.75 Å². The molecule has 0 aromatic heterocycles. The molecule has 0 atom stereocenters. The first-order valence-corrected chi connectivity index (χ1v) is 6.31. The van der Waals surface area contributed by atoms with Crippen LogP contribution in [0.5, 0.6) is 5.75 Å². The number of hydrogen-bond donors (Lipinski definition) is 2. The highest BCUT2D eigenvalue weighted by Crippen LogP contribution is 2.20. The molecule has 4 nitrogen and oxygen atoms in total. The molecule has 0 fully saturated rings. The molecular formula is C14H22N2O2. The van der Waals surface area contributed by atoms with Crippen LogP contribution >= 0.6 is 0 Å². The van der Waals surface area contributed by atoms with Gasteiger partial charge in [0.15, 0.2) is 0 Å². The molecule has 1 aromatic carbocycles. The Labute approximate surface area is 109 Å². The van der Waals surface area contributed by atoms with Gasteiger partial charge in [-0.05, 0) is 44.0 Å². The minimum absolute atomic E-state index is 0.00811. The summed E-state index contributed by atoms with van der Waals surface area (Å²) < 4.78 is 5.61. The van der Waals surface area contributed by atoms with Crippen molar-refractivity contribution >= 4 is 5.91 Å². The molecule has 0 unspecified atom stereocenters. The van der Waals surface area contributed by atoms with Crippen LogP contribution < -0.4 is 15.8 Å². The summed E-state index contributed by atoms with van der Waals surface area (Å²) in [7, 11) is 0. The van der Waals surface area contributed by atoms with E-state index in [1.54, 1.807) is 0 Å². The monoisotopic (exact) mass is 250 g/mol. The minimum atomic E-state index is 0.00811. The molecule has 0 spiro atoms. The predicted octanol–water partition coefficient (Wildman–Crippen LogP) is 1.54. The van der Waals surface area contributed by atoms with Gasteiger partial charge in [-0.3, -0.25) is 4.79 Å². The number of hydrogen-bond acceptors (Lipinski definition) is 3. The number of carbonyl (C=O) groups excluding carboxylic acids is 1. The summed E-state index contributed by atoms with van der Waals surface area (Å²) >= 11 is 0. The van der Waals surface area contributed by atoms with Crippen LogP contribution in [0.3, 0.4) is 0 Å². The Balaban J connectivity index is 2.29. The fourth-order valence-corrected chi connectivity index (χ4v) is 1.55. The van der Waals surface area contributed by atoms with Crippen molar-refractivity contribution in [3.63, 3.8) is 0 Å². The van der Waals surface area contributed by atoms with Crippen LogP contribution in [0.1, 0.15) is 24.0 Å². The molecule has 0 bridgehead atoms.